The lowest BCUT2D eigenvalue weighted by Crippen LogP contribution is -2.27. The van der Waals surface area contributed by atoms with Crippen LogP contribution < -0.4 is 14.4 Å². The Morgan fingerprint density at radius 1 is 1.07 bits per heavy atom. The van der Waals surface area contributed by atoms with Crippen LogP contribution in [0.3, 0.4) is 0 Å². The average molecular weight is 404 g/mol. The zero-order valence-electron chi connectivity index (χ0n) is 14.9. The van der Waals surface area contributed by atoms with E-state index in [0.717, 1.165) is 16.7 Å². The summed E-state index contributed by atoms with van der Waals surface area (Å²) in [5.41, 5.74) is 1.15. The minimum absolute atomic E-state index is 0.324. The molecule has 3 rings (SSSR count). The van der Waals surface area contributed by atoms with Crippen molar-refractivity contribution < 1.29 is 19.1 Å². The second kappa shape index (κ2) is 8.50. The molecule has 0 unspecified atom stereocenters. The van der Waals surface area contributed by atoms with Crippen molar-refractivity contribution in [3.8, 4) is 11.5 Å². The third-order valence-corrected chi connectivity index (χ3v) is 4.85. The quantitative estimate of drug-likeness (QED) is 0.606. The van der Waals surface area contributed by atoms with Gasteiger partial charge in [-0.2, -0.15) is 0 Å². The largest absolute Gasteiger partial charge is 0.494 e. The number of hydrogen-bond acceptors (Lipinski definition) is 5. The molecule has 0 atom stereocenters. The Hall–Kier alpha value is -2.44. The fourth-order valence-corrected chi connectivity index (χ4v) is 3.63. The maximum absolute atomic E-state index is 12.8. The van der Waals surface area contributed by atoms with Crippen molar-refractivity contribution in [3.63, 3.8) is 0 Å². The number of hydrogen-bond donors (Lipinski definition) is 0. The lowest BCUT2D eigenvalue weighted by atomic mass is 10.1. The minimum Gasteiger partial charge on any atom is -0.494 e. The average Bonchev–Trinajstić information content (AvgIpc) is 2.91. The Balaban J connectivity index is 1.93. The fourth-order valence-electron chi connectivity index (χ4n) is 2.62. The van der Waals surface area contributed by atoms with Crippen molar-refractivity contribution in [1.29, 1.82) is 0 Å². The molecule has 1 aliphatic rings. The van der Waals surface area contributed by atoms with Gasteiger partial charge >= 0.3 is 0 Å². The number of nitrogens with zero attached hydrogens (tertiary/aromatic N) is 1. The smallest absolute Gasteiger partial charge is 0.298 e. The van der Waals surface area contributed by atoms with Crippen LogP contribution in [0.1, 0.15) is 19.4 Å². The molecule has 1 saturated heterocycles. The standard InChI is InChI=1S/C20H18ClNO4S/c1-3-25-16-9-8-13(17(12-16)26-4-2)10-18-19(23)22(20(24)27-18)15-7-5-6-14(21)11-15/h5-12H,3-4H2,1-2H3/b18-10-. The Kier molecular flexibility index (Phi) is 6.08. The van der Waals surface area contributed by atoms with Crippen LogP contribution in [0.2, 0.25) is 5.02 Å². The van der Waals surface area contributed by atoms with Gasteiger partial charge < -0.3 is 9.47 Å². The number of imide groups is 1. The van der Waals surface area contributed by atoms with E-state index in [1.165, 1.54) is 0 Å². The van der Waals surface area contributed by atoms with Gasteiger partial charge in [0, 0.05) is 16.7 Å². The van der Waals surface area contributed by atoms with Crippen LogP contribution in [-0.2, 0) is 4.79 Å². The first kappa shape index (κ1) is 19.3. The van der Waals surface area contributed by atoms with Gasteiger partial charge in [0.15, 0.2) is 0 Å². The van der Waals surface area contributed by atoms with Gasteiger partial charge in [0.1, 0.15) is 11.5 Å². The molecule has 0 radical (unpaired) electrons. The zero-order valence-corrected chi connectivity index (χ0v) is 16.5. The van der Waals surface area contributed by atoms with Crippen molar-refractivity contribution >= 4 is 46.3 Å². The highest BCUT2D eigenvalue weighted by Crippen LogP contribution is 2.38. The SMILES string of the molecule is CCOc1ccc(/C=C2\SC(=O)N(c3cccc(Cl)c3)C2=O)c(OCC)c1. The second-order valence-corrected chi connectivity index (χ2v) is 6.99. The summed E-state index contributed by atoms with van der Waals surface area (Å²) >= 11 is 6.87. The molecule has 5 nitrogen and oxygen atoms in total. The Morgan fingerprint density at radius 2 is 1.85 bits per heavy atom. The van der Waals surface area contributed by atoms with E-state index < -0.39 is 0 Å². The van der Waals surface area contributed by atoms with Crippen molar-refractivity contribution in [2.24, 2.45) is 0 Å². The highest BCUT2D eigenvalue weighted by Gasteiger charge is 2.36. The lowest BCUT2D eigenvalue weighted by Gasteiger charge is -2.12. The first-order valence-electron chi connectivity index (χ1n) is 8.46. The molecule has 27 heavy (non-hydrogen) atoms. The molecule has 0 aromatic heterocycles. The number of halogens is 1. The molecular weight excluding hydrogens is 386 g/mol. The first-order valence-corrected chi connectivity index (χ1v) is 9.66. The van der Waals surface area contributed by atoms with Gasteiger partial charge in [0.25, 0.3) is 11.1 Å². The van der Waals surface area contributed by atoms with Crippen LogP contribution in [0.15, 0.2) is 47.4 Å². The van der Waals surface area contributed by atoms with Crippen LogP contribution >= 0.6 is 23.4 Å². The van der Waals surface area contributed by atoms with Gasteiger partial charge in [0.2, 0.25) is 0 Å². The maximum atomic E-state index is 12.8. The predicted molar refractivity (Wildman–Crippen MR) is 109 cm³/mol. The van der Waals surface area contributed by atoms with Crippen molar-refractivity contribution in [2.75, 3.05) is 18.1 Å². The van der Waals surface area contributed by atoms with Crippen LogP contribution in [0, 0.1) is 0 Å². The summed E-state index contributed by atoms with van der Waals surface area (Å²) < 4.78 is 11.2. The number of amides is 2. The molecule has 2 amide bonds. The van der Waals surface area contributed by atoms with Crippen molar-refractivity contribution in [3.05, 3.63) is 58.0 Å². The Morgan fingerprint density at radius 3 is 2.56 bits per heavy atom. The molecule has 1 aliphatic heterocycles. The van der Waals surface area contributed by atoms with Crippen LogP contribution in [0.5, 0.6) is 11.5 Å². The zero-order chi connectivity index (χ0) is 19.4. The molecular formula is C20H18ClNO4S. The van der Waals surface area contributed by atoms with Crippen molar-refractivity contribution in [2.45, 2.75) is 13.8 Å². The number of carbonyl (C=O) groups excluding carboxylic acids is 2. The minimum atomic E-state index is -0.386. The third-order valence-electron chi connectivity index (χ3n) is 3.74. The highest BCUT2D eigenvalue weighted by molar-refractivity contribution is 8.19. The molecule has 2 aromatic carbocycles. The van der Waals surface area contributed by atoms with E-state index in [1.807, 2.05) is 19.9 Å². The molecule has 1 fully saturated rings. The number of rotatable bonds is 6. The molecule has 2 aromatic rings. The number of carbonyl (C=O) groups is 2. The Bertz CT molecular complexity index is 913. The van der Waals surface area contributed by atoms with E-state index in [9.17, 15) is 9.59 Å². The van der Waals surface area contributed by atoms with E-state index in [0.29, 0.717) is 45.9 Å². The summed E-state index contributed by atoms with van der Waals surface area (Å²) in [4.78, 5) is 26.6. The van der Waals surface area contributed by atoms with Crippen LogP contribution in [-0.4, -0.2) is 24.4 Å². The van der Waals surface area contributed by atoms with Gasteiger partial charge in [-0.15, -0.1) is 0 Å². The summed E-state index contributed by atoms with van der Waals surface area (Å²) in [6.07, 6.45) is 1.66. The number of thioether (sulfide) groups is 1. The van der Waals surface area contributed by atoms with E-state index in [4.69, 9.17) is 21.1 Å². The molecule has 1 heterocycles. The number of benzene rings is 2. The molecule has 0 saturated carbocycles. The molecule has 0 bridgehead atoms. The van der Waals surface area contributed by atoms with Gasteiger partial charge in [0.05, 0.1) is 23.8 Å². The normalized spacial score (nSPS) is 15.5. The van der Waals surface area contributed by atoms with E-state index >= 15 is 0 Å². The molecule has 0 spiro atoms. The molecule has 7 heteroatoms. The molecule has 0 N–H and O–H groups in total. The number of ether oxygens (including phenoxy) is 2. The third kappa shape index (κ3) is 4.28. The summed E-state index contributed by atoms with van der Waals surface area (Å²) in [7, 11) is 0. The summed E-state index contributed by atoms with van der Waals surface area (Å²) in [5.74, 6) is 0.895. The summed E-state index contributed by atoms with van der Waals surface area (Å²) in [6.45, 7) is 4.80. The van der Waals surface area contributed by atoms with E-state index in [-0.39, 0.29) is 11.1 Å². The summed E-state index contributed by atoms with van der Waals surface area (Å²) in [5, 5.41) is 0.0955. The second-order valence-electron chi connectivity index (χ2n) is 5.56. The Labute approximate surface area is 166 Å². The molecule has 0 aliphatic carbocycles. The van der Waals surface area contributed by atoms with Gasteiger partial charge in [-0.1, -0.05) is 17.7 Å². The topological polar surface area (TPSA) is 55.8 Å². The van der Waals surface area contributed by atoms with Gasteiger partial charge in [-0.25, -0.2) is 4.90 Å². The monoisotopic (exact) mass is 403 g/mol. The number of anilines is 1. The van der Waals surface area contributed by atoms with Crippen LogP contribution in [0.4, 0.5) is 10.5 Å². The van der Waals surface area contributed by atoms with Crippen molar-refractivity contribution in [1.82, 2.24) is 0 Å². The summed E-state index contributed by atoms with van der Waals surface area (Å²) in [6, 6.07) is 12.0. The highest BCUT2D eigenvalue weighted by atomic mass is 35.5. The van der Waals surface area contributed by atoms with E-state index in [2.05, 4.69) is 0 Å². The van der Waals surface area contributed by atoms with Crippen LogP contribution in [0.25, 0.3) is 6.08 Å². The van der Waals surface area contributed by atoms with Gasteiger partial charge in [-0.3, -0.25) is 9.59 Å². The first-order chi connectivity index (χ1) is 13.0. The maximum Gasteiger partial charge on any atom is 0.298 e. The molecule has 140 valence electrons. The predicted octanol–water partition coefficient (Wildman–Crippen LogP) is 5.38. The van der Waals surface area contributed by atoms with E-state index in [1.54, 1.807) is 42.5 Å². The van der Waals surface area contributed by atoms with Gasteiger partial charge in [-0.05, 0) is 62.0 Å². The lowest BCUT2D eigenvalue weighted by molar-refractivity contribution is -0.113. The fraction of sp³-hybridized carbons (Fsp3) is 0.200.